The van der Waals surface area contributed by atoms with Gasteiger partial charge in [-0.1, -0.05) is 208 Å². The van der Waals surface area contributed by atoms with Gasteiger partial charge in [-0.3, -0.25) is 4.90 Å². The summed E-state index contributed by atoms with van der Waals surface area (Å²) in [6.45, 7) is 46.8. The molecule has 0 amide bonds. The van der Waals surface area contributed by atoms with E-state index in [0.29, 0.717) is 24.2 Å². The number of hydrogen-bond acceptors (Lipinski definition) is 5. The van der Waals surface area contributed by atoms with Gasteiger partial charge in [-0.25, -0.2) is 0 Å². The Morgan fingerprint density at radius 1 is 0.479 bits per heavy atom. The Morgan fingerprint density at radius 3 is 1.12 bits per heavy atom. The molecular weight excluding hydrogens is 887 g/mol. The quantitative estimate of drug-likeness (QED) is 0.192. The lowest BCUT2D eigenvalue weighted by Gasteiger charge is -2.29. The summed E-state index contributed by atoms with van der Waals surface area (Å²) in [5, 5.41) is 3.46. The fourth-order valence-electron chi connectivity index (χ4n) is 8.95. The monoisotopic (exact) mass is 1020 g/mol. The molecule has 5 nitrogen and oxygen atoms in total. The van der Waals surface area contributed by atoms with Gasteiger partial charge in [-0.05, 0) is 189 Å². The number of likely N-dealkylation sites (tertiary alicyclic amines) is 2. The van der Waals surface area contributed by atoms with E-state index in [1.165, 1.54) is 146 Å². The van der Waals surface area contributed by atoms with Crippen LogP contribution in [0.1, 0.15) is 266 Å². The van der Waals surface area contributed by atoms with Gasteiger partial charge in [0.2, 0.25) is 0 Å². The van der Waals surface area contributed by atoms with Crippen molar-refractivity contribution in [2.24, 2.45) is 29.6 Å². The molecule has 4 aliphatic rings. The van der Waals surface area contributed by atoms with Crippen LogP contribution in [0.15, 0.2) is 60.7 Å². The molecule has 1 N–H and O–H groups in total. The Morgan fingerprint density at radius 2 is 0.849 bits per heavy atom. The van der Waals surface area contributed by atoms with E-state index in [2.05, 4.69) is 225 Å². The first-order valence-corrected chi connectivity index (χ1v) is 30.2. The molecule has 0 radical (unpaired) electrons. The van der Waals surface area contributed by atoms with Crippen LogP contribution in [0, 0.1) is 29.6 Å². The average Bonchev–Trinajstić information content (AvgIpc) is 4.15. The zero-order chi connectivity index (χ0) is 54.1. The highest BCUT2D eigenvalue weighted by atomic mass is 15.2. The lowest BCUT2D eigenvalue weighted by molar-refractivity contribution is 0.185. The Balaban J connectivity index is -0.000000376. The number of piperidine rings is 2. The maximum Gasteiger partial charge on any atom is 0.0294 e. The highest BCUT2D eigenvalue weighted by Crippen LogP contribution is 2.35. The fourth-order valence-corrected chi connectivity index (χ4v) is 8.95. The van der Waals surface area contributed by atoms with Crippen molar-refractivity contribution in [1.29, 1.82) is 0 Å². The van der Waals surface area contributed by atoms with E-state index in [1.807, 2.05) is 6.07 Å². The van der Waals surface area contributed by atoms with Crippen molar-refractivity contribution < 1.29 is 0 Å². The van der Waals surface area contributed by atoms with Gasteiger partial charge in [-0.15, -0.1) is 0 Å². The zero-order valence-electron chi connectivity index (χ0n) is 52.0. The first-order chi connectivity index (χ1) is 33.5. The van der Waals surface area contributed by atoms with Crippen molar-refractivity contribution >= 4 is 0 Å². The fraction of sp³-hybridized carbons (Fsp3) is 0.824. The van der Waals surface area contributed by atoms with Gasteiger partial charge in [0.1, 0.15) is 0 Å². The second-order valence-electron chi connectivity index (χ2n) is 24.8. The van der Waals surface area contributed by atoms with Gasteiger partial charge in [0.05, 0.1) is 0 Å². The van der Waals surface area contributed by atoms with Crippen molar-refractivity contribution in [2.45, 2.75) is 291 Å². The van der Waals surface area contributed by atoms with Crippen LogP contribution in [0.5, 0.6) is 0 Å². The number of benzene rings is 2. The molecule has 0 aromatic heterocycles. The third-order valence-corrected chi connectivity index (χ3v) is 14.2. The standard InChI is InChI=1S/2C11H17N.C10H20.2C8H17N.C7H14.C6H14.C5H13N.2CH4/c1-10(2)12(3)9-11-7-5-4-6-8-11;1-9(2)12-10(3)11-7-5-4-6-8-11;1-9(2)8-10-6-4-3-5-7-10;2*1-8(2)9-6-4-3-5-7-9;1-6(2)5-7-3-4-7;1-4-5-6(2)3;1-5(2)6(3)4;;/h4-8,10H,9H2,1-3H3;4-10,12H,1-3H3;9-10H,3-8H2,1-2H3;2*8H,3-7H2,1-2H3;6-7H,3-5H2,1-2H3;6H,4-5H2,1-3H3;5H,1-4H3;2*1H4. The molecule has 1 atom stereocenters. The molecule has 73 heavy (non-hydrogen) atoms. The predicted octanol–water partition coefficient (Wildman–Crippen LogP) is 19.8. The second-order valence-corrected chi connectivity index (χ2v) is 24.8. The summed E-state index contributed by atoms with van der Waals surface area (Å²) in [5.41, 5.74) is 2.74. The predicted molar refractivity (Wildman–Crippen MR) is 338 cm³/mol. The minimum Gasteiger partial charge on any atom is -0.308 e. The van der Waals surface area contributed by atoms with Crippen LogP contribution in [0.2, 0.25) is 0 Å². The summed E-state index contributed by atoms with van der Waals surface area (Å²) in [6.07, 6.45) is 24.7. The van der Waals surface area contributed by atoms with Crippen LogP contribution >= 0.6 is 0 Å². The molecule has 0 spiro atoms. The van der Waals surface area contributed by atoms with Gasteiger partial charge in [-0.2, -0.15) is 0 Å². The minimum absolute atomic E-state index is 0. The minimum atomic E-state index is 0. The van der Waals surface area contributed by atoms with E-state index in [-0.39, 0.29) is 14.9 Å². The SMILES string of the molecule is C.C.CC(C)CC1CC1.CC(C)CC1CCCCC1.CC(C)N(C)C.CC(C)N(C)Cc1ccccc1.CC(C)N1CCCCC1.CC(C)N1CCCCC1.CC(C)NC(C)c1ccccc1.CCCC(C)C. The summed E-state index contributed by atoms with van der Waals surface area (Å²) in [6, 6.07) is 24.9. The highest BCUT2D eigenvalue weighted by molar-refractivity contribution is 5.18. The smallest absolute Gasteiger partial charge is 0.0294 e. The zero-order valence-corrected chi connectivity index (χ0v) is 52.0. The van der Waals surface area contributed by atoms with Crippen LogP contribution in [-0.4, -0.2) is 97.1 Å². The van der Waals surface area contributed by atoms with Crippen LogP contribution in [0.25, 0.3) is 0 Å². The molecule has 2 heterocycles. The Bertz CT molecular complexity index is 1320. The highest BCUT2D eigenvalue weighted by Gasteiger charge is 2.21. The van der Waals surface area contributed by atoms with E-state index < -0.39 is 0 Å². The molecule has 2 aromatic carbocycles. The van der Waals surface area contributed by atoms with Gasteiger partial charge < -0.3 is 20.0 Å². The number of hydrogen-bond donors (Lipinski definition) is 1. The molecule has 1 unspecified atom stereocenters. The molecule has 5 heteroatoms. The molecule has 434 valence electrons. The van der Waals surface area contributed by atoms with Gasteiger partial charge in [0.25, 0.3) is 0 Å². The number of nitrogens with zero attached hydrogens (tertiary/aromatic N) is 4. The van der Waals surface area contributed by atoms with Gasteiger partial charge >= 0.3 is 0 Å². The maximum atomic E-state index is 3.46. The van der Waals surface area contributed by atoms with E-state index in [0.717, 1.165) is 48.2 Å². The molecule has 2 saturated heterocycles. The first kappa shape index (κ1) is 77.7. The van der Waals surface area contributed by atoms with E-state index in [4.69, 9.17) is 0 Å². The molecular formula is C68H137N5. The van der Waals surface area contributed by atoms with Crippen LogP contribution in [0.3, 0.4) is 0 Å². The van der Waals surface area contributed by atoms with Crippen molar-refractivity contribution in [3.05, 3.63) is 71.8 Å². The molecule has 2 aromatic rings. The largest absolute Gasteiger partial charge is 0.308 e. The normalized spacial score (nSPS) is 16.4. The maximum absolute atomic E-state index is 3.46. The van der Waals surface area contributed by atoms with Crippen molar-refractivity contribution in [3.63, 3.8) is 0 Å². The Hall–Kier alpha value is -1.76. The molecule has 4 fully saturated rings. The number of nitrogens with one attached hydrogen (secondary N) is 1. The Labute approximate surface area is 463 Å². The van der Waals surface area contributed by atoms with Crippen LogP contribution < -0.4 is 5.32 Å². The van der Waals surface area contributed by atoms with E-state index in [1.54, 1.807) is 0 Å². The second kappa shape index (κ2) is 49.8. The van der Waals surface area contributed by atoms with Crippen molar-refractivity contribution in [2.75, 3.05) is 47.3 Å². The lowest BCUT2D eigenvalue weighted by Crippen LogP contribution is -2.35. The third kappa shape index (κ3) is 50.8. The van der Waals surface area contributed by atoms with Crippen molar-refractivity contribution in [1.82, 2.24) is 24.9 Å². The van der Waals surface area contributed by atoms with Gasteiger partial charge in [0.15, 0.2) is 0 Å². The van der Waals surface area contributed by atoms with Crippen LogP contribution in [0.4, 0.5) is 0 Å². The molecule has 0 bridgehead atoms. The summed E-state index contributed by atoms with van der Waals surface area (Å²) < 4.78 is 0. The van der Waals surface area contributed by atoms with E-state index in [9.17, 15) is 0 Å². The average molecular weight is 1020 g/mol. The molecule has 6 rings (SSSR count). The first-order valence-electron chi connectivity index (χ1n) is 30.2. The summed E-state index contributed by atoms with van der Waals surface area (Å²) >= 11 is 0. The lowest BCUT2D eigenvalue weighted by atomic mass is 9.84. The topological polar surface area (TPSA) is 25.0 Å². The third-order valence-electron chi connectivity index (χ3n) is 14.2. The molecule has 2 aliphatic carbocycles. The Kier molecular flexibility index (Phi) is 53.0. The van der Waals surface area contributed by atoms with E-state index >= 15 is 0 Å². The number of rotatable bonds is 15. The summed E-state index contributed by atoms with van der Waals surface area (Å²) in [7, 11) is 6.30. The van der Waals surface area contributed by atoms with Crippen molar-refractivity contribution in [3.8, 4) is 0 Å². The molecule has 2 aliphatic heterocycles. The van der Waals surface area contributed by atoms with Crippen LogP contribution in [-0.2, 0) is 6.54 Å². The van der Waals surface area contributed by atoms with Gasteiger partial charge in [0, 0.05) is 42.8 Å². The summed E-state index contributed by atoms with van der Waals surface area (Å²) in [5.74, 6) is 4.96. The summed E-state index contributed by atoms with van der Waals surface area (Å²) in [4.78, 5) is 9.61. The molecule has 2 saturated carbocycles.